The molecule has 0 bridgehead atoms. The normalized spacial score (nSPS) is 36.7. The smallest absolute Gasteiger partial charge is 0.0594 e. The van der Waals surface area contributed by atoms with Crippen molar-refractivity contribution >= 4 is 0 Å². The second-order valence-corrected chi connectivity index (χ2v) is 4.31. The molecule has 2 heterocycles. The van der Waals surface area contributed by atoms with Crippen molar-refractivity contribution in [2.24, 2.45) is 11.8 Å². The minimum atomic E-state index is 0.850. The molecule has 2 saturated heterocycles. The first-order chi connectivity index (χ1) is 6.36. The molecule has 0 spiro atoms. The van der Waals surface area contributed by atoms with Gasteiger partial charge in [0, 0.05) is 19.6 Å². The van der Waals surface area contributed by atoms with Gasteiger partial charge < -0.3 is 10.1 Å². The summed E-state index contributed by atoms with van der Waals surface area (Å²) in [5.74, 6) is 1.71. The van der Waals surface area contributed by atoms with Crippen molar-refractivity contribution in [1.82, 2.24) is 10.2 Å². The highest BCUT2D eigenvalue weighted by molar-refractivity contribution is 4.81. The van der Waals surface area contributed by atoms with Crippen LogP contribution in [0.4, 0.5) is 0 Å². The number of ether oxygens (including phenoxy) is 1. The van der Waals surface area contributed by atoms with E-state index in [-0.39, 0.29) is 0 Å². The lowest BCUT2D eigenvalue weighted by molar-refractivity contribution is 0.0295. The third kappa shape index (κ3) is 2.42. The molecule has 1 N–H and O–H groups in total. The number of nitrogens with zero attached hydrogens (tertiary/aromatic N) is 1. The van der Waals surface area contributed by atoms with Gasteiger partial charge >= 0.3 is 0 Å². The van der Waals surface area contributed by atoms with Gasteiger partial charge in [0.1, 0.15) is 0 Å². The summed E-state index contributed by atoms with van der Waals surface area (Å²) in [6, 6.07) is 0. The summed E-state index contributed by atoms with van der Waals surface area (Å²) < 4.78 is 5.33. The summed E-state index contributed by atoms with van der Waals surface area (Å²) in [7, 11) is 0. The van der Waals surface area contributed by atoms with Crippen molar-refractivity contribution in [3.05, 3.63) is 0 Å². The van der Waals surface area contributed by atoms with Crippen LogP contribution in [0.3, 0.4) is 0 Å². The maximum Gasteiger partial charge on any atom is 0.0594 e. The fraction of sp³-hybridized carbons (Fsp3) is 1.00. The van der Waals surface area contributed by atoms with E-state index in [0.29, 0.717) is 0 Å². The molecular formula is C10H20N2O. The lowest BCUT2D eigenvalue weighted by atomic mass is 9.97. The van der Waals surface area contributed by atoms with Gasteiger partial charge in [0.2, 0.25) is 0 Å². The molecule has 0 unspecified atom stereocenters. The van der Waals surface area contributed by atoms with Crippen LogP contribution in [-0.4, -0.2) is 50.8 Å². The zero-order valence-corrected chi connectivity index (χ0v) is 8.46. The molecule has 2 aliphatic heterocycles. The molecule has 0 aromatic heterocycles. The first-order valence-electron chi connectivity index (χ1n) is 5.37. The van der Waals surface area contributed by atoms with Crippen LogP contribution < -0.4 is 5.32 Å². The number of hydrogen-bond donors (Lipinski definition) is 1. The van der Waals surface area contributed by atoms with Crippen LogP contribution in [0.1, 0.15) is 6.92 Å². The molecule has 13 heavy (non-hydrogen) atoms. The highest BCUT2D eigenvalue weighted by Gasteiger charge is 2.25. The molecule has 2 aliphatic rings. The maximum atomic E-state index is 5.33. The Morgan fingerprint density at radius 2 is 2.08 bits per heavy atom. The van der Waals surface area contributed by atoms with E-state index >= 15 is 0 Å². The summed E-state index contributed by atoms with van der Waals surface area (Å²) in [5, 5.41) is 3.45. The number of rotatable bonds is 2. The number of hydrogen-bond acceptors (Lipinski definition) is 3. The quantitative estimate of drug-likeness (QED) is 0.662. The van der Waals surface area contributed by atoms with Crippen LogP contribution in [0, 0.1) is 11.8 Å². The van der Waals surface area contributed by atoms with Gasteiger partial charge in [0.05, 0.1) is 13.2 Å². The fourth-order valence-corrected chi connectivity index (χ4v) is 2.22. The largest absolute Gasteiger partial charge is 0.379 e. The SMILES string of the molecule is C[C@@H]1CNC[C@H]1CN1CCOCC1. The average Bonchev–Trinajstić information content (AvgIpc) is 2.54. The summed E-state index contributed by atoms with van der Waals surface area (Å²) in [6.07, 6.45) is 0. The van der Waals surface area contributed by atoms with E-state index in [4.69, 9.17) is 4.74 Å². The van der Waals surface area contributed by atoms with E-state index in [1.54, 1.807) is 0 Å². The van der Waals surface area contributed by atoms with Crippen molar-refractivity contribution < 1.29 is 4.74 Å². The molecule has 2 fully saturated rings. The van der Waals surface area contributed by atoms with Crippen LogP contribution >= 0.6 is 0 Å². The fourth-order valence-electron chi connectivity index (χ4n) is 2.22. The molecule has 3 heteroatoms. The van der Waals surface area contributed by atoms with E-state index in [1.165, 1.54) is 19.6 Å². The summed E-state index contributed by atoms with van der Waals surface area (Å²) in [6.45, 7) is 10.1. The minimum Gasteiger partial charge on any atom is -0.379 e. The topological polar surface area (TPSA) is 24.5 Å². The summed E-state index contributed by atoms with van der Waals surface area (Å²) >= 11 is 0. The van der Waals surface area contributed by atoms with Gasteiger partial charge in [0.15, 0.2) is 0 Å². The second kappa shape index (κ2) is 4.40. The first-order valence-corrected chi connectivity index (χ1v) is 5.37. The molecular weight excluding hydrogens is 164 g/mol. The molecule has 0 aliphatic carbocycles. The third-order valence-electron chi connectivity index (χ3n) is 3.27. The van der Waals surface area contributed by atoms with Gasteiger partial charge in [-0.15, -0.1) is 0 Å². The van der Waals surface area contributed by atoms with Crippen molar-refractivity contribution in [2.75, 3.05) is 45.9 Å². The van der Waals surface area contributed by atoms with Crippen molar-refractivity contribution in [1.29, 1.82) is 0 Å². The molecule has 0 saturated carbocycles. The predicted octanol–water partition coefficient (Wildman–Crippen LogP) is 0.174. The molecule has 2 rings (SSSR count). The molecule has 0 radical (unpaired) electrons. The van der Waals surface area contributed by atoms with Crippen LogP contribution in [0.2, 0.25) is 0 Å². The highest BCUT2D eigenvalue weighted by Crippen LogP contribution is 2.17. The third-order valence-corrected chi connectivity index (χ3v) is 3.27. The van der Waals surface area contributed by atoms with Gasteiger partial charge in [-0.1, -0.05) is 6.92 Å². The Kier molecular flexibility index (Phi) is 3.19. The highest BCUT2D eigenvalue weighted by atomic mass is 16.5. The molecule has 3 nitrogen and oxygen atoms in total. The van der Waals surface area contributed by atoms with Crippen LogP contribution in [0.15, 0.2) is 0 Å². The van der Waals surface area contributed by atoms with E-state index in [9.17, 15) is 0 Å². The molecule has 0 aromatic carbocycles. The minimum absolute atomic E-state index is 0.850. The lowest BCUT2D eigenvalue weighted by Crippen LogP contribution is -2.40. The monoisotopic (exact) mass is 184 g/mol. The Hall–Kier alpha value is -0.120. The average molecular weight is 184 g/mol. The van der Waals surface area contributed by atoms with Crippen molar-refractivity contribution in [3.8, 4) is 0 Å². The molecule has 76 valence electrons. The van der Waals surface area contributed by atoms with Crippen molar-refractivity contribution in [2.45, 2.75) is 6.92 Å². The summed E-state index contributed by atoms with van der Waals surface area (Å²) in [5.41, 5.74) is 0. The lowest BCUT2D eigenvalue weighted by Gasteiger charge is -2.30. The second-order valence-electron chi connectivity index (χ2n) is 4.31. The van der Waals surface area contributed by atoms with E-state index in [0.717, 1.165) is 38.1 Å². The predicted molar refractivity (Wildman–Crippen MR) is 52.8 cm³/mol. The molecule has 0 amide bonds. The van der Waals surface area contributed by atoms with E-state index < -0.39 is 0 Å². The molecule has 2 atom stereocenters. The maximum absolute atomic E-state index is 5.33. The first kappa shape index (κ1) is 9.44. The van der Waals surface area contributed by atoms with E-state index in [2.05, 4.69) is 17.1 Å². The van der Waals surface area contributed by atoms with Crippen LogP contribution in [0.5, 0.6) is 0 Å². The van der Waals surface area contributed by atoms with Gasteiger partial charge in [-0.25, -0.2) is 0 Å². The number of morpholine rings is 1. The van der Waals surface area contributed by atoms with Crippen molar-refractivity contribution in [3.63, 3.8) is 0 Å². The zero-order valence-electron chi connectivity index (χ0n) is 8.46. The Labute approximate surface area is 80.4 Å². The van der Waals surface area contributed by atoms with Crippen LogP contribution in [0.25, 0.3) is 0 Å². The van der Waals surface area contributed by atoms with Gasteiger partial charge in [-0.2, -0.15) is 0 Å². The van der Waals surface area contributed by atoms with Gasteiger partial charge in [0.25, 0.3) is 0 Å². The van der Waals surface area contributed by atoms with Gasteiger partial charge in [-0.3, -0.25) is 4.90 Å². The van der Waals surface area contributed by atoms with Crippen LogP contribution in [-0.2, 0) is 4.74 Å². The van der Waals surface area contributed by atoms with E-state index in [1.807, 2.05) is 0 Å². The standard InChI is InChI=1S/C10H20N2O/c1-9-6-11-7-10(9)8-12-2-4-13-5-3-12/h9-11H,2-8H2,1H3/t9-,10+/m1/s1. The Balaban J connectivity index is 1.75. The Bertz CT molecular complexity index is 157. The zero-order chi connectivity index (χ0) is 9.10. The van der Waals surface area contributed by atoms with Gasteiger partial charge in [-0.05, 0) is 24.9 Å². The number of nitrogens with one attached hydrogen (secondary N) is 1. The molecule has 0 aromatic rings. The Morgan fingerprint density at radius 1 is 1.31 bits per heavy atom. The Morgan fingerprint density at radius 3 is 2.69 bits per heavy atom. The summed E-state index contributed by atoms with van der Waals surface area (Å²) in [4.78, 5) is 2.54.